The molecule has 0 amide bonds. The van der Waals surface area contributed by atoms with Crippen LogP contribution in [0.5, 0.6) is 0 Å². The van der Waals surface area contributed by atoms with E-state index in [1.807, 2.05) is 16.8 Å². The molecule has 0 radical (unpaired) electrons. The molecule has 25 heavy (non-hydrogen) atoms. The van der Waals surface area contributed by atoms with Crippen LogP contribution in [0.15, 0.2) is 24.3 Å². The van der Waals surface area contributed by atoms with Crippen LogP contribution >= 0.6 is 0 Å². The molecule has 0 saturated carbocycles. The van der Waals surface area contributed by atoms with E-state index < -0.39 is 0 Å². The number of methoxy groups -OCH3 is 1. The second kappa shape index (κ2) is 8.35. The first-order chi connectivity index (χ1) is 12.2. The molecule has 0 spiro atoms. The highest BCUT2D eigenvalue weighted by Crippen LogP contribution is 2.16. The average Bonchev–Trinajstić information content (AvgIpc) is 3.10. The Bertz CT molecular complexity index is 653. The first-order valence-corrected chi connectivity index (χ1v) is 8.83. The molecule has 1 aromatic heterocycles. The summed E-state index contributed by atoms with van der Waals surface area (Å²) in [5, 5.41) is 12.2. The number of quaternary nitrogens is 1. The van der Waals surface area contributed by atoms with E-state index >= 15 is 0 Å². The van der Waals surface area contributed by atoms with Gasteiger partial charge in [-0.1, -0.05) is 6.92 Å². The number of halogens is 1. The van der Waals surface area contributed by atoms with Gasteiger partial charge in [-0.2, -0.15) is 0 Å². The maximum absolute atomic E-state index is 13.1. The van der Waals surface area contributed by atoms with Gasteiger partial charge in [0.05, 0.1) is 39.3 Å². The van der Waals surface area contributed by atoms with Gasteiger partial charge in [-0.25, -0.2) is 9.07 Å². The lowest BCUT2D eigenvalue weighted by Crippen LogP contribution is -3.15. The van der Waals surface area contributed by atoms with Crippen LogP contribution in [0.1, 0.15) is 25.2 Å². The number of ether oxygens (including phenoxy) is 1. The quantitative estimate of drug-likeness (QED) is 0.780. The number of hydrogen-bond acceptors (Lipinski definition) is 5. The largest absolute Gasteiger partial charge is 0.383 e. The van der Waals surface area contributed by atoms with Crippen LogP contribution in [0.25, 0.3) is 0 Å². The van der Waals surface area contributed by atoms with Crippen LogP contribution < -0.4 is 9.80 Å². The summed E-state index contributed by atoms with van der Waals surface area (Å²) < 4.78 is 20.1. The van der Waals surface area contributed by atoms with E-state index in [1.54, 1.807) is 7.11 Å². The first kappa shape index (κ1) is 17.8. The third kappa shape index (κ3) is 4.13. The first-order valence-electron chi connectivity index (χ1n) is 8.83. The minimum atomic E-state index is -0.193. The molecular formula is C17H26FN6O+. The molecular weight excluding hydrogens is 323 g/mol. The van der Waals surface area contributed by atoms with Crippen LogP contribution in [-0.2, 0) is 11.3 Å². The van der Waals surface area contributed by atoms with Crippen molar-refractivity contribution in [3.05, 3.63) is 35.9 Å². The molecule has 0 bridgehead atoms. The number of nitrogens with zero attached hydrogens (tertiary/aromatic N) is 5. The Balaban J connectivity index is 1.64. The van der Waals surface area contributed by atoms with E-state index in [9.17, 15) is 4.39 Å². The third-order valence-corrected chi connectivity index (χ3v) is 4.88. The van der Waals surface area contributed by atoms with Gasteiger partial charge in [-0.05, 0) is 34.7 Å². The van der Waals surface area contributed by atoms with E-state index in [0.29, 0.717) is 13.2 Å². The zero-order valence-electron chi connectivity index (χ0n) is 14.9. The highest BCUT2D eigenvalue weighted by atomic mass is 19.1. The van der Waals surface area contributed by atoms with Gasteiger partial charge in [-0.3, -0.25) is 0 Å². The highest BCUT2D eigenvalue weighted by molar-refractivity contribution is 5.46. The van der Waals surface area contributed by atoms with Crippen molar-refractivity contribution in [2.24, 2.45) is 0 Å². The van der Waals surface area contributed by atoms with E-state index in [1.165, 1.54) is 17.0 Å². The molecule has 1 aromatic carbocycles. The van der Waals surface area contributed by atoms with Crippen LogP contribution in [0.4, 0.5) is 10.1 Å². The molecule has 0 aliphatic carbocycles. The number of aromatic nitrogens is 4. The summed E-state index contributed by atoms with van der Waals surface area (Å²) in [6, 6.07) is 7.02. The van der Waals surface area contributed by atoms with Gasteiger partial charge >= 0.3 is 0 Å². The van der Waals surface area contributed by atoms with Crippen molar-refractivity contribution in [2.45, 2.75) is 25.9 Å². The second-order valence-electron chi connectivity index (χ2n) is 6.34. The number of piperazine rings is 1. The normalized spacial score (nSPS) is 17.0. The maximum atomic E-state index is 13.1. The SMILES string of the molecule is CC[C@H](c1nnnn1CCOC)[NH+]1CCN(c2ccc(F)cc2)CC1. The highest BCUT2D eigenvalue weighted by Gasteiger charge is 2.31. The van der Waals surface area contributed by atoms with Crippen molar-refractivity contribution in [2.75, 3.05) is 44.8 Å². The molecule has 8 heteroatoms. The minimum Gasteiger partial charge on any atom is -0.383 e. The van der Waals surface area contributed by atoms with Crippen LogP contribution in [-0.4, -0.2) is 60.1 Å². The Morgan fingerprint density at radius 3 is 2.60 bits per heavy atom. The maximum Gasteiger partial charge on any atom is 0.209 e. The fourth-order valence-electron chi connectivity index (χ4n) is 3.50. The molecule has 136 valence electrons. The van der Waals surface area contributed by atoms with Crippen LogP contribution in [0, 0.1) is 5.82 Å². The van der Waals surface area contributed by atoms with E-state index in [4.69, 9.17) is 4.74 Å². The van der Waals surface area contributed by atoms with Crippen LogP contribution in [0.2, 0.25) is 0 Å². The number of hydrogen-bond donors (Lipinski definition) is 1. The summed E-state index contributed by atoms with van der Waals surface area (Å²) in [6.45, 7) is 7.35. The van der Waals surface area contributed by atoms with Gasteiger partial charge in [0.15, 0.2) is 0 Å². The monoisotopic (exact) mass is 349 g/mol. The predicted octanol–water partition coefficient (Wildman–Crippen LogP) is 0.315. The lowest BCUT2D eigenvalue weighted by atomic mass is 10.1. The van der Waals surface area contributed by atoms with E-state index in [0.717, 1.165) is 44.1 Å². The lowest BCUT2D eigenvalue weighted by Gasteiger charge is -2.36. The summed E-state index contributed by atoms with van der Waals surface area (Å²) in [5.74, 6) is 0.742. The van der Waals surface area contributed by atoms with Gasteiger partial charge in [0, 0.05) is 19.2 Å². The van der Waals surface area contributed by atoms with Gasteiger partial charge in [-0.15, -0.1) is 5.10 Å². The lowest BCUT2D eigenvalue weighted by molar-refractivity contribution is -0.933. The Kier molecular flexibility index (Phi) is 5.93. The Morgan fingerprint density at radius 1 is 1.24 bits per heavy atom. The Labute approximate surface area is 147 Å². The Morgan fingerprint density at radius 2 is 1.96 bits per heavy atom. The molecule has 7 nitrogen and oxygen atoms in total. The number of anilines is 1. The Hall–Kier alpha value is -2.06. The summed E-state index contributed by atoms with van der Waals surface area (Å²) in [6.07, 6.45) is 0.985. The number of tetrazole rings is 1. The third-order valence-electron chi connectivity index (χ3n) is 4.88. The molecule has 1 aliphatic rings. The predicted molar refractivity (Wildman–Crippen MR) is 92.0 cm³/mol. The molecule has 1 saturated heterocycles. The molecule has 1 fully saturated rings. The second-order valence-corrected chi connectivity index (χ2v) is 6.34. The van der Waals surface area contributed by atoms with Gasteiger partial charge in [0.1, 0.15) is 11.9 Å². The summed E-state index contributed by atoms with van der Waals surface area (Å²) in [5.41, 5.74) is 1.08. The van der Waals surface area contributed by atoms with Crippen LogP contribution in [0.3, 0.4) is 0 Å². The number of benzene rings is 1. The fraction of sp³-hybridized carbons (Fsp3) is 0.588. The number of rotatable bonds is 7. The molecule has 3 rings (SSSR count). The van der Waals surface area contributed by atoms with Crippen molar-refractivity contribution in [1.29, 1.82) is 0 Å². The molecule has 2 aromatic rings. The van der Waals surface area contributed by atoms with Crippen molar-refractivity contribution in [3.63, 3.8) is 0 Å². The van der Waals surface area contributed by atoms with Crippen molar-refractivity contribution in [3.8, 4) is 0 Å². The molecule has 2 heterocycles. The van der Waals surface area contributed by atoms with Gasteiger partial charge in [0.25, 0.3) is 0 Å². The zero-order valence-corrected chi connectivity index (χ0v) is 14.9. The molecule has 0 unspecified atom stereocenters. The molecule has 1 N–H and O–H groups in total. The standard InChI is InChI=1S/C17H25FN6O/c1-3-16(17-19-20-21-24(17)12-13-25-2)23-10-8-22(9-11-23)15-6-4-14(18)5-7-15/h4-7,16H,3,8-13H2,1-2H3/p+1/t16-/m1/s1. The van der Waals surface area contributed by atoms with Gasteiger partial charge < -0.3 is 14.5 Å². The summed E-state index contributed by atoms with van der Waals surface area (Å²) in [7, 11) is 1.68. The minimum absolute atomic E-state index is 0.193. The van der Waals surface area contributed by atoms with Gasteiger partial charge in [0.2, 0.25) is 5.82 Å². The van der Waals surface area contributed by atoms with Crippen molar-refractivity contribution < 1.29 is 14.0 Å². The molecule has 1 atom stereocenters. The zero-order chi connectivity index (χ0) is 17.6. The van der Waals surface area contributed by atoms with Crippen molar-refractivity contribution in [1.82, 2.24) is 20.2 Å². The fourth-order valence-corrected chi connectivity index (χ4v) is 3.50. The average molecular weight is 349 g/mol. The summed E-state index contributed by atoms with van der Waals surface area (Å²) >= 11 is 0. The number of nitrogens with one attached hydrogen (secondary N) is 1. The van der Waals surface area contributed by atoms with E-state index in [-0.39, 0.29) is 11.9 Å². The topological polar surface area (TPSA) is 60.5 Å². The van der Waals surface area contributed by atoms with Crippen molar-refractivity contribution >= 4 is 5.69 Å². The molecule has 1 aliphatic heterocycles. The van der Waals surface area contributed by atoms with E-state index in [2.05, 4.69) is 27.3 Å². The summed E-state index contributed by atoms with van der Waals surface area (Å²) in [4.78, 5) is 3.80. The smallest absolute Gasteiger partial charge is 0.209 e.